The molecule has 108 valence electrons. The molecule has 0 radical (unpaired) electrons. The lowest BCUT2D eigenvalue weighted by atomic mass is 9.75. The van der Waals surface area contributed by atoms with E-state index in [1.165, 1.54) is 25.7 Å². The van der Waals surface area contributed by atoms with E-state index in [4.69, 9.17) is 0 Å². The Morgan fingerprint density at radius 3 is 2.75 bits per heavy atom. The first-order valence-corrected chi connectivity index (χ1v) is 8.19. The molecule has 20 heavy (non-hydrogen) atoms. The molecule has 0 bridgehead atoms. The van der Waals surface area contributed by atoms with Crippen LogP contribution in [0.1, 0.15) is 42.5 Å². The number of carbonyl (C=O) groups excluding carboxylic acids is 1. The third-order valence-corrected chi connectivity index (χ3v) is 5.37. The molecule has 1 aliphatic heterocycles. The maximum atomic E-state index is 14.0. The highest BCUT2D eigenvalue weighted by Gasteiger charge is 2.33. The molecule has 1 saturated carbocycles. The van der Waals surface area contributed by atoms with Crippen LogP contribution in [0.2, 0.25) is 0 Å². The van der Waals surface area contributed by atoms with Crippen molar-refractivity contribution in [3.8, 4) is 0 Å². The zero-order valence-electron chi connectivity index (χ0n) is 11.4. The van der Waals surface area contributed by atoms with Gasteiger partial charge in [0.2, 0.25) is 0 Å². The number of nitrogens with zero attached hydrogens (tertiary/aromatic N) is 1. The monoisotopic (exact) mass is 339 g/mol. The van der Waals surface area contributed by atoms with E-state index in [0.717, 1.165) is 25.4 Å². The molecule has 2 atom stereocenters. The number of likely N-dealkylation sites (tertiary alicyclic amines) is 1. The second-order valence-corrected chi connectivity index (χ2v) is 6.80. The molecule has 1 saturated heterocycles. The van der Waals surface area contributed by atoms with Crippen molar-refractivity contribution in [2.75, 3.05) is 13.1 Å². The summed E-state index contributed by atoms with van der Waals surface area (Å²) in [5.74, 6) is 0.799. The third kappa shape index (κ3) is 2.62. The second-order valence-electron chi connectivity index (χ2n) is 5.95. The van der Waals surface area contributed by atoms with Gasteiger partial charge in [0.15, 0.2) is 0 Å². The van der Waals surface area contributed by atoms with Gasteiger partial charge in [-0.2, -0.15) is 0 Å². The average molecular weight is 340 g/mol. The Morgan fingerprint density at radius 1 is 1.20 bits per heavy atom. The molecule has 1 aromatic carbocycles. The van der Waals surface area contributed by atoms with Gasteiger partial charge in [0.05, 0.1) is 10.0 Å². The number of hydrogen-bond donors (Lipinski definition) is 0. The summed E-state index contributed by atoms with van der Waals surface area (Å²) in [7, 11) is 0. The number of rotatable bonds is 1. The van der Waals surface area contributed by atoms with E-state index in [1.54, 1.807) is 18.2 Å². The summed E-state index contributed by atoms with van der Waals surface area (Å²) in [6.07, 6.45) is 6.20. The van der Waals surface area contributed by atoms with Crippen molar-refractivity contribution >= 4 is 21.8 Å². The van der Waals surface area contributed by atoms with Crippen LogP contribution >= 0.6 is 15.9 Å². The summed E-state index contributed by atoms with van der Waals surface area (Å²) < 4.78 is 14.4. The fraction of sp³-hybridized carbons (Fsp3) is 0.562. The molecule has 0 aromatic heterocycles. The normalized spacial score (nSPS) is 26.2. The van der Waals surface area contributed by atoms with Gasteiger partial charge in [-0.3, -0.25) is 4.79 Å². The predicted molar refractivity (Wildman–Crippen MR) is 80.1 cm³/mol. The molecule has 3 rings (SSSR count). The van der Waals surface area contributed by atoms with Crippen LogP contribution in [0.5, 0.6) is 0 Å². The molecule has 0 N–H and O–H groups in total. The molecule has 0 spiro atoms. The Bertz CT molecular complexity index is 519. The highest BCUT2D eigenvalue weighted by molar-refractivity contribution is 9.10. The second kappa shape index (κ2) is 5.84. The van der Waals surface area contributed by atoms with E-state index < -0.39 is 5.82 Å². The maximum absolute atomic E-state index is 14.0. The van der Waals surface area contributed by atoms with Gasteiger partial charge in [-0.1, -0.05) is 25.3 Å². The quantitative estimate of drug-likeness (QED) is 0.749. The molecule has 2 fully saturated rings. The van der Waals surface area contributed by atoms with Gasteiger partial charge in [-0.15, -0.1) is 0 Å². The summed E-state index contributed by atoms with van der Waals surface area (Å²) >= 11 is 3.15. The molecule has 1 aromatic rings. The summed E-state index contributed by atoms with van der Waals surface area (Å²) in [6, 6.07) is 4.92. The standard InChI is InChI=1S/C16H19BrFNO/c17-14-7-3-6-13(15(14)18)16(20)19-9-8-11-4-1-2-5-12(11)10-19/h3,6-7,11-12H,1-2,4-5,8-10H2. The third-order valence-electron chi connectivity index (χ3n) is 4.76. The Balaban J connectivity index is 1.76. The molecule has 2 unspecified atom stereocenters. The van der Waals surface area contributed by atoms with Crippen LogP contribution in [-0.2, 0) is 0 Å². The van der Waals surface area contributed by atoms with Crippen LogP contribution in [0.3, 0.4) is 0 Å². The first-order valence-electron chi connectivity index (χ1n) is 7.40. The Morgan fingerprint density at radius 2 is 1.95 bits per heavy atom. The molecule has 1 heterocycles. The summed E-state index contributed by atoms with van der Waals surface area (Å²) in [4.78, 5) is 14.4. The summed E-state index contributed by atoms with van der Waals surface area (Å²) in [5.41, 5.74) is 0.189. The summed E-state index contributed by atoms with van der Waals surface area (Å²) in [6.45, 7) is 1.57. The molecule has 4 heteroatoms. The fourth-order valence-electron chi connectivity index (χ4n) is 3.62. The fourth-order valence-corrected chi connectivity index (χ4v) is 3.99. The predicted octanol–water partition coefficient (Wildman–Crippen LogP) is 4.24. The zero-order valence-corrected chi connectivity index (χ0v) is 13.0. The molecular weight excluding hydrogens is 321 g/mol. The van der Waals surface area contributed by atoms with Gasteiger partial charge in [0, 0.05) is 13.1 Å². The van der Waals surface area contributed by atoms with Crippen LogP contribution in [0, 0.1) is 17.7 Å². The lowest BCUT2D eigenvalue weighted by Crippen LogP contribution is -2.45. The van der Waals surface area contributed by atoms with Gasteiger partial charge in [-0.05, 0) is 52.7 Å². The van der Waals surface area contributed by atoms with E-state index in [9.17, 15) is 9.18 Å². The zero-order chi connectivity index (χ0) is 14.1. The van der Waals surface area contributed by atoms with Crippen molar-refractivity contribution in [2.45, 2.75) is 32.1 Å². The molecule has 2 nitrogen and oxygen atoms in total. The Labute approximate surface area is 127 Å². The Hall–Kier alpha value is -0.900. The lowest BCUT2D eigenvalue weighted by Gasteiger charge is -2.41. The SMILES string of the molecule is O=C(c1cccc(Br)c1F)N1CCC2CCCCC2C1. The minimum absolute atomic E-state index is 0.159. The van der Waals surface area contributed by atoms with E-state index >= 15 is 0 Å². The maximum Gasteiger partial charge on any atom is 0.256 e. The average Bonchev–Trinajstić information content (AvgIpc) is 2.49. The van der Waals surface area contributed by atoms with E-state index in [0.29, 0.717) is 10.4 Å². The van der Waals surface area contributed by atoms with Crippen LogP contribution in [0.25, 0.3) is 0 Å². The summed E-state index contributed by atoms with van der Waals surface area (Å²) in [5, 5.41) is 0. The number of hydrogen-bond acceptors (Lipinski definition) is 1. The Kier molecular flexibility index (Phi) is 4.11. The number of benzene rings is 1. The largest absolute Gasteiger partial charge is 0.338 e. The topological polar surface area (TPSA) is 20.3 Å². The lowest BCUT2D eigenvalue weighted by molar-refractivity contribution is 0.0516. The van der Waals surface area contributed by atoms with Crippen molar-refractivity contribution in [2.24, 2.45) is 11.8 Å². The minimum atomic E-state index is -0.441. The molecule has 2 aliphatic rings. The van der Waals surface area contributed by atoms with E-state index in [-0.39, 0.29) is 11.5 Å². The van der Waals surface area contributed by atoms with Crippen LogP contribution < -0.4 is 0 Å². The first-order chi connectivity index (χ1) is 9.66. The van der Waals surface area contributed by atoms with Crippen molar-refractivity contribution in [3.63, 3.8) is 0 Å². The van der Waals surface area contributed by atoms with Crippen molar-refractivity contribution in [1.82, 2.24) is 4.90 Å². The van der Waals surface area contributed by atoms with Crippen LogP contribution in [-0.4, -0.2) is 23.9 Å². The molecular formula is C16H19BrFNO. The van der Waals surface area contributed by atoms with E-state index in [2.05, 4.69) is 15.9 Å². The minimum Gasteiger partial charge on any atom is -0.338 e. The van der Waals surface area contributed by atoms with Gasteiger partial charge >= 0.3 is 0 Å². The number of piperidine rings is 1. The van der Waals surface area contributed by atoms with Crippen molar-refractivity contribution < 1.29 is 9.18 Å². The number of carbonyl (C=O) groups is 1. The van der Waals surface area contributed by atoms with E-state index in [1.807, 2.05) is 4.90 Å². The van der Waals surface area contributed by atoms with Crippen LogP contribution in [0.4, 0.5) is 4.39 Å². The van der Waals surface area contributed by atoms with Gasteiger partial charge in [0.25, 0.3) is 5.91 Å². The number of fused-ring (bicyclic) bond motifs is 1. The van der Waals surface area contributed by atoms with Crippen molar-refractivity contribution in [3.05, 3.63) is 34.1 Å². The first kappa shape index (κ1) is 14.1. The number of halogens is 2. The van der Waals surface area contributed by atoms with Gasteiger partial charge < -0.3 is 4.90 Å². The van der Waals surface area contributed by atoms with Gasteiger partial charge in [-0.25, -0.2) is 4.39 Å². The molecule has 1 aliphatic carbocycles. The highest BCUT2D eigenvalue weighted by atomic mass is 79.9. The highest BCUT2D eigenvalue weighted by Crippen LogP contribution is 2.36. The van der Waals surface area contributed by atoms with Gasteiger partial charge in [0.1, 0.15) is 5.82 Å². The molecule has 1 amide bonds. The smallest absolute Gasteiger partial charge is 0.256 e. The van der Waals surface area contributed by atoms with Crippen molar-refractivity contribution in [1.29, 1.82) is 0 Å². The number of amides is 1. The van der Waals surface area contributed by atoms with Crippen LogP contribution in [0.15, 0.2) is 22.7 Å².